The highest BCUT2D eigenvalue weighted by Crippen LogP contribution is 2.16. The van der Waals surface area contributed by atoms with E-state index in [9.17, 15) is 9.59 Å². The summed E-state index contributed by atoms with van der Waals surface area (Å²) < 4.78 is 7.83. The molecule has 32 heavy (non-hydrogen) atoms. The van der Waals surface area contributed by atoms with Gasteiger partial charge in [0.15, 0.2) is 5.76 Å². The van der Waals surface area contributed by atoms with Gasteiger partial charge in [0.05, 0.1) is 13.1 Å². The van der Waals surface area contributed by atoms with Crippen LogP contribution in [0.1, 0.15) is 65.1 Å². The van der Waals surface area contributed by atoms with Crippen LogP contribution in [0.4, 0.5) is 0 Å². The lowest BCUT2D eigenvalue weighted by atomic mass is 10.1. The van der Waals surface area contributed by atoms with Crippen molar-refractivity contribution < 1.29 is 14.0 Å². The van der Waals surface area contributed by atoms with Crippen LogP contribution in [0, 0.1) is 12.8 Å². The molecule has 2 heterocycles. The molecule has 0 unspecified atom stereocenters. The van der Waals surface area contributed by atoms with Gasteiger partial charge in [-0.3, -0.25) is 9.59 Å². The van der Waals surface area contributed by atoms with E-state index in [2.05, 4.69) is 16.8 Å². The van der Waals surface area contributed by atoms with Crippen LogP contribution in [0.5, 0.6) is 0 Å². The average Bonchev–Trinajstić information content (AvgIpc) is 3.42. The molecule has 0 atom stereocenters. The number of hydrogen-bond donors (Lipinski definition) is 1. The zero-order valence-electron chi connectivity index (χ0n) is 19.4. The molecule has 2 aromatic heterocycles. The highest BCUT2D eigenvalue weighted by molar-refractivity contribution is 5.94. The maximum atomic E-state index is 13.1. The Kier molecular flexibility index (Phi) is 7.92. The smallest absolute Gasteiger partial charge is 0.287 e. The number of hydrogen-bond acceptors (Lipinski definition) is 3. The Morgan fingerprint density at radius 1 is 1.09 bits per heavy atom. The summed E-state index contributed by atoms with van der Waals surface area (Å²) in [4.78, 5) is 27.2. The van der Waals surface area contributed by atoms with Crippen LogP contribution in [0.3, 0.4) is 0 Å². The van der Waals surface area contributed by atoms with Crippen molar-refractivity contribution >= 4 is 11.8 Å². The maximum Gasteiger partial charge on any atom is 0.287 e. The second-order valence-electron chi connectivity index (χ2n) is 8.59. The third-order valence-electron chi connectivity index (χ3n) is 5.24. The standard InChI is InChI=1S/C26H33N3O3/c1-5-14-29(26(31)21-10-8-20(4)9-11-21)17-22-7-6-15-28(22)18-23-12-13-24(32-23)25(30)27-16-19(2)3/h6-13,15,19H,5,14,16-18H2,1-4H3,(H,27,30). The molecule has 1 aromatic carbocycles. The lowest BCUT2D eigenvalue weighted by Crippen LogP contribution is -2.32. The lowest BCUT2D eigenvalue weighted by molar-refractivity contribution is 0.0739. The van der Waals surface area contributed by atoms with Crippen molar-refractivity contribution in [3.63, 3.8) is 0 Å². The average molecular weight is 436 g/mol. The Labute approximate surface area is 190 Å². The SMILES string of the molecule is CCCN(Cc1cccn1Cc1ccc(C(=O)NCC(C)C)o1)C(=O)c1ccc(C)cc1. The van der Waals surface area contributed by atoms with Gasteiger partial charge < -0.3 is 19.2 Å². The largest absolute Gasteiger partial charge is 0.454 e. The van der Waals surface area contributed by atoms with E-state index < -0.39 is 0 Å². The van der Waals surface area contributed by atoms with Crippen molar-refractivity contribution in [3.8, 4) is 0 Å². The molecule has 0 aliphatic rings. The fraction of sp³-hybridized carbons (Fsp3) is 0.385. The van der Waals surface area contributed by atoms with Crippen molar-refractivity contribution in [1.82, 2.24) is 14.8 Å². The number of carbonyl (C=O) groups is 2. The van der Waals surface area contributed by atoms with E-state index in [-0.39, 0.29) is 11.8 Å². The van der Waals surface area contributed by atoms with Crippen molar-refractivity contribution in [1.29, 1.82) is 0 Å². The molecule has 0 fully saturated rings. The molecule has 0 saturated heterocycles. The van der Waals surface area contributed by atoms with Crippen molar-refractivity contribution in [2.45, 2.75) is 47.2 Å². The van der Waals surface area contributed by atoms with E-state index in [0.717, 1.165) is 17.7 Å². The van der Waals surface area contributed by atoms with Gasteiger partial charge in [0.2, 0.25) is 0 Å². The number of benzene rings is 1. The molecule has 0 saturated carbocycles. The molecule has 0 aliphatic heterocycles. The number of aryl methyl sites for hydroxylation is 1. The molecular formula is C26H33N3O3. The summed E-state index contributed by atoms with van der Waals surface area (Å²) in [7, 11) is 0. The van der Waals surface area contributed by atoms with Crippen molar-refractivity contribution in [3.05, 3.63) is 83.1 Å². The molecule has 3 aromatic rings. The minimum absolute atomic E-state index is 0.0294. The molecule has 6 nitrogen and oxygen atoms in total. The fourth-order valence-electron chi connectivity index (χ4n) is 3.48. The first kappa shape index (κ1) is 23.4. The Balaban J connectivity index is 1.69. The number of nitrogens with one attached hydrogen (secondary N) is 1. The molecule has 2 amide bonds. The van der Waals surface area contributed by atoms with Gasteiger partial charge in [-0.05, 0) is 55.7 Å². The minimum Gasteiger partial charge on any atom is -0.454 e. The van der Waals surface area contributed by atoms with Gasteiger partial charge in [0.25, 0.3) is 11.8 Å². The van der Waals surface area contributed by atoms with Gasteiger partial charge in [0, 0.05) is 30.5 Å². The summed E-state index contributed by atoms with van der Waals surface area (Å²) in [5.41, 5.74) is 2.85. The Morgan fingerprint density at radius 3 is 2.53 bits per heavy atom. The predicted molar refractivity (Wildman–Crippen MR) is 126 cm³/mol. The summed E-state index contributed by atoms with van der Waals surface area (Å²) in [6.07, 6.45) is 2.85. The van der Waals surface area contributed by atoms with Gasteiger partial charge in [-0.1, -0.05) is 38.5 Å². The molecule has 0 aliphatic carbocycles. The molecule has 0 radical (unpaired) electrons. The summed E-state index contributed by atoms with van der Waals surface area (Å²) in [5, 5.41) is 2.87. The molecule has 0 bridgehead atoms. The first-order valence-electron chi connectivity index (χ1n) is 11.2. The third kappa shape index (κ3) is 6.13. The molecule has 170 valence electrons. The van der Waals surface area contributed by atoms with E-state index in [0.29, 0.717) is 49.2 Å². The minimum atomic E-state index is -0.199. The second-order valence-corrected chi connectivity index (χ2v) is 8.59. The van der Waals surface area contributed by atoms with Gasteiger partial charge in [0.1, 0.15) is 5.76 Å². The van der Waals surface area contributed by atoms with Gasteiger partial charge in [-0.15, -0.1) is 0 Å². The lowest BCUT2D eigenvalue weighted by Gasteiger charge is -2.23. The van der Waals surface area contributed by atoms with E-state index in [1.165, 1.54) is 0 Å². The normalized spacial score (nSPS) is 11.0. The van der Waals surface area contributed by atoms with Crippen LogP contribution < -0.4 is 5.32 Å². The Bertz CT molecular complexity index is 1030. The van der Waals surface area contributed by atoms with Gasteiger partial charge >= 0.3 is 0 Å². The predicted octanol–water partition coefficient (Wildman–Crippen LogP) is 4.88. The number of aromatic nitrogens is 1. The number of amides is 2. The maximum absolute atomic E-state index is 13.1. The second kappa shape index (κ2) is 10.8. The number of rotatable bonds is 10. The highest BCUT2D eigenvalue weighted by atomic mass is 16.4. The summed E-state index contributed by atoms with van der Waals surface area (Å²) in [6, 6.07) is 15.2. The number of nitrogens with zero attached hydrogens (tertiary/aromatic N) is 2. The zero-order valence-corrected chi connectivity index (χ0v) is 19.4. The van der Waals surface area contributed by atoms with E-state index >= 15 is 0 Å². The van der Waals surface area contributed by atoms with Crippen molar-refractivity contribution in [2.24, 2.45) is 5.92 Å². The van der Waals surface area contributed by atoms with Crippen molar-refractivity contribution in [2.75, 3.05) is 13.1 Å². The third-order valence-corrected chi connectivity index (χ3v) is 5.24. The highest BCUT2D eigenvalue weighted by Gasteiger charge is 2.18. The first-order chi connectivity index (χ1) is 15.4. The summed E-state index contributed by atoms with van der Waals surface area (Å²) in [5.74, 6) is 1.22. The molecule has 0 spiro atoms. The first-order valence-corrected chi connectivity index (χ1v) is 11.2. The molecule has 6 heteroatoms. The van der Waals surface area contributed by atoms with Gasteiger partial charge in [-0.25, -0.2) is 0 Å². The summed E-state index contributed by atoms with van der Waals surface area (Å²) in [6.45, 7) is 10.5. The van der Waals surface area contributed by atoms with E-state index in [1.54, 1.807) is 6.07 Å². The van der Waals surface area contributed by atoms with Gasteiger partial charge in [-0.2, -0.15) is 0 Å². The topological polar surface area (TPSA) is 67.5 Å². The monoisotopic (exact) mass is 435 g/mol. The molecule has 1 N–H and O–H groups in total. The molecular weight excluding hydrogens is 402 g/mol. The number of furan rings is 1. The van der Waals surface area contributed by atoms with Crippen LogP contribution in [-0.2, 0) is 13.1 Å². The fourth-order valence-corrected chi connectivity index (χ4v) is 3.48. The van der Waals surface area contributed by atoms with E-state index in [4.69, 9.17) is 4.42 Å². The summed E-state index contributed by atoms with van der Waals surface area (Å²) >= 11 is 0. The Hall–Kier alpha value is -3.28. The van der Waals surface area contributed by atoms with Crippen LogP contribution in [0.15, 0.2) is 59.1 Å². The van der Waals surface area contributed by atoms with Crippen LogP contribution in [-0.4, -0.2) is 34.4 Å². The Morgan fingerprint density at radius 2 is 1.84 bits per heavy atom. The van der Waals surface area contributed by atoms with Crippen LogP contribution in [0.2, 0.25) is 0 Å². The van der Waals surface area contributed by atoms with E-state index in [1.807, 2.05) is 74.3 Å². The zero-order chi connectivity index (χ0) is 23.1. The van der Waals surface area contributed by atoms with Crippen LogP contribution >= 0.6 is 0 Å². The quantitative estimate of drug-likeness (QED) is 0.494. The van der Waals surface area contributed by atoms with Crippen LogP contribution in [0.25, 0.3) is 0 Å². The molecule has 3 rings (SSSR count). The number of carbonyl (C=O) groups excluding carboxylic acids is 2.